The van der Waals surface area contributed by atoms with Crippen LogP contribution in [0, 0.1) is 6.92 Å². The highest BCUT2D eigenvalue weighted by molar-refractivity contribution is 5.78. The van der Waals surface area contributed by atoms with Crippen LogP contribution in [-0.4, -0.2) is 34.4 Å². The average molecular weight is 377 g/mol. The summed E-state index contributed by atoms with van der Waals surface area (Å²) in [7, 11) is 1.82. The Morgan fingerprint density at radius 2 is 1.79 bits per heavy atom. The highest BCUT2D eigenvalue weighted by atomic mass is 16.4. The van der Waals surface area contributed by atoms with Crippen molar-refractivity contribution in [3.63, 3.8) is 0 Å². The quantitative estimate of drug-likeness (QED) is 0.612. The molecule has 28 heavy (non-hydrogen) atoms. The van der Waals surface area contributed by atoms with Crippen LogP contribution < -0.4 is 0 Å². The number of nitrogens with zero attached hydrogens (tertiary/aromatic N) is 3. The standard InChI is InChI=1S/C23H27N3O2/c1-16(2)19-5-7-20(8-6-19)23-25-21(17(3)28-23)15-22(27)26(4)14-11-18-9-12-24-13-10-18/h5-10,12-13,16H,11,14-15H2,1-4H3. The molecule has 3 aromatic rings. The lowest BCUT2D eigenvalue weighted by atomic mass is 10.0. The van der Waals surface area contributed by atoms with Crippen molar-refractivity contribution in [2.24, 2.45) is 0 Å². The lowest BCUT2D eigenvalue weighted by Gasteiger charge is -2.16. The molecule has 1 aromatic carbocycles. The van der Waals surface area contributed by atoms with Crippen LogP contribution in [0.15, 0.2) is 53.2 Å². The largest absolute Gasteiger partial charge is 0.441 e. The second-order valence-electron chi connectivity index (χ2n) is 7.40. The Hall–Kier alpha value is -2.95. The monoisotopic (exact) mass is 377 g/mol. The van der Waals surface area contributed by atoms with Crippen molar-refractivity contribution in [3.05, 3.63) is 71.4 Å². The molecule has 5 heteroatoms. The van der Waals surface area contributed by atoms with Crippen molar-refractivity contribution in [2.75, 3.05) is 13.6 Å². The normalized spacial score (nSPS) is 11.0. The summed E-state index contributed by atoms with van der Waals surface area (Å²) in [6.07, 6.45) is 4.58. The van der Waals surface area contributed by atoms with Gasteiger partial charge in [0.2, 0.25) is 11.8 Å². The maximum absolute atomic E-state index is 12.6. The van der Waals surface area contributed by atoms with E-state index in [1.165, 1.54) is 11.1 Å². The Morgan fingerprint density at radius 1 is 1.11 bits per heavy atom. The molecule has 0 saturated carbocycles. The van der Waals surface area contributed by atoms with Crippen LogP contribution in [0.3, 0.4) is 0 Å². The SMILES string of the molecule is Cc1oc(-c2ccc(C(C)C)cc2)nc1CC(=O)N(C)CCc1ccncc1. The Kier molecular flexibility index (Phi) is 6.24. The first-order chi connectivity index (χ1) is 13.4. The van der Waals surface area contributed by atoms with Crippen LogP contribution in [0.2, 0.25) is 0 Å². The van der Waals surface area contributed by atoms with E-state index in [4.69, 9.17) is 4.42 Å². The number of likely N-dealkylation sites (N-methyl/N-ethyl adjacent to an activating group) is 1. The van der Waals surface area contributed by atoms with Crippen LogP contribution >= 0.6 is 0 Å². The molecule has 0 bridgehead atoms. The molecule has 5 nitrogen and oxygen atoms in total. The molecule has 0 saturated heterocycles. The second-order valence-corrected chi connectivity index (χ2v) is 7.40. The Morgan fingerprint density at radius 3 is 2.43 bits per heavy atom. The number of rotatable bonds is 7. The van der Waals surface area contributed by atoms with E-state index in [0.717, 1.165) is 12.0 Å². The van der Waals surface area contributed by atoms with E-state index in [1.807, 2.05) is 38.2 Å². The smallest absolute Gasteiger partial charge is 0.228 e. The van der Waals surface area contributed by atoms with Crippen LogP contribution in [0.1, 0.15) is 42.3 Å². The third-order valence-corrected chi connectivity index (χ3v) is 4.95. The van der Waals surface area contributed by atoms with Gasteiger partial charge in [0.05, 0.1) is 12.1 Å². The molecular weight excluding hydrogens is 350 g/mol. The van der Waals surface area contributed by atoms with Crippen molar-refractivity contribution in [1.29, 1.82) is 0 Å². The molecule has 3 rings (SSSR count). The van der Waals surface area contributed by atoms with Gasteiger partial charge in [-0.15, -0.1) is 0 Å². The lowest BCUT2D eigenvalue weighted by Crippen LogP contribution is -2.30. The summed E-state index contributed by atoms with van der Waals surface area (Å²) >= 11 is 0. The predicted molar refractivity (Wildman–Crippen MR) is 110 cm³/mol. The van der Waals surface area contributed by atoms with Gasteiger partial charge in [0.25, 0.3) is 0 Å². The fraction of sp³-hybridized carbons (Fsp3) is 0.348. The first-order valence-corrected chi connectivity index (χ1v) is 9.63. The molecule has 0 N–H and O–H groups in total. The molecule has 0 aliphatic heterocycles. The average Bonchev–Trinajstić information content (AvgIpc) is 3.07. The van der Waals surface area contributed by atoms with E-state index >= 15 is 0 Å². The molecule has 0 aliphatic carbocycles. The van der Waals surface area contributed by atoms with Crippen LogP contribution in [0.4, 0.5) is 0 Å². The van der Waals surface area contributed by atoms with Crippen LogP contribution in [-0.2, 0) is 17.6 Å². The van der Waals surface area contributed by atoms with E-state index < -0.39 is 0 Å². The molecule has 0 radical (unpaired) electrons. The molecule has 0 atom stereocenters. The summed E-state index contributed by atoms with van der Waals surface area (Å²) in [5.74, 6) is 1.78. The second kappa shape index (κ2) is 8.83. The van der Waals surface area contributed by atoms with Gasteiger partial charge in [0, 0.05) is 31.5 Å². The summed E-state index contributed by atoms with van der Waals surface area (Å²) in [5, 5.41) is 0. The minimum atomic E-state index is 0.0344. The minimum absolute atomic E-state index is 0.0344. The number of amides is 1. The molecule has 0 spiro atoms. The zero-order chi connectivity index (χ0) is 20.1. The highest BCUT2D eigenvalue weighted by Gasteiger charge is 2.17. The number of carbonyl (C=O) groups is 1. The Balaban J connectivity index is 1.63. The number of hydrogen-bond donors (Lipinski definition) is 0. The van der Waals surface area contributed by atoms with Crippen LogP contribution in [0.5, 0.6) is 0 Å². The summed E-state index contributed by atoms with van der Waals surface area (Å²) in [5.41, 5.74) is 4.07. The van der Waals surface area contributed by atoms with Gasteiger partial charge in [-0.1, -0.05) is 26.0 Å². The van der Waals surface area contributed by atoms with Crippen molar-refractivity contribution in [2.45, 2.75) is 39.5 Å². The lowest BCUT2D eigenvalue weighted by molar-refractivity contribution is -0.129. The number of aromatic nitrogens is 2. The maximum atomic E-state index is 12.6. The highest BCUT2D eigenvalue weighted by Crippen LogP contribution is 2.24. The fourth-order valence-corrected chi connectivity index (χ4v) is 2.98. The molecule has 2 heterocycles. The first kappa shape index (κ1) is 19.8. The molecule has 2 aromatic heterocycles. The number of hydrogen-bond acceptors (Lipinski definition) is 4. The summed E-state index contributed by atoms with van der Waals surface area (Å²) < 4.78 is 5.82. The van der Waals surface area contributed by atoms with Gasteiger partial charge in [0.1, 0.15) is 5.76 Å². The summed E-state index contributed by atoms with van der Waals surface area (Å²) in [6, 6.07) is 12.2. The molecule has 0 aliphatic rings. The zero-order valence-electron chi connectivity index (χ0n) is 17.0. The van der Waals surface area contributed by atoms with E-state index in [1.54, 1.807) is 17.3 Å². The molecule has 146 valence electrons. The van der Waals surface area contributed by atoms with E-state index in [0.29, 0.717) is 29.8 Å². The number of oxazole rings is 1. The molecular formula is C23H27N3O2. The zero-order valence-corrected chi connectivity index (χ0v) is 17.0. The molecule has 1 amide bonds. The van der Waals surface area contributed by atoms with Crippen molar-refractivity contribution in [3.8, 4) is 11.5 Å². The van der Waals surface area contributed by atoms with Gasteiger partial charge in [-0.25, -0.2) is 4.98 Å². The Labute approximate surface area is 166 Å². The number of carbonyl (C=O) groups excluding carboxylic acids is 1. The predicted octanol–water partition coefficient (Wildman–Crippen LogP) is 4.41. The van der Waals surface area contributed by atoms with Crippen LogP contribution in [0.25, 0.3) is 11.5 Å². The van der Waals surface area contributed by atoms with Gasteiger partial charge in [-0.3, -0.25) is 9.78 Å². The van der Waals surface area contributed by atoms with Crippen molar-refractivity contribution < 1.29 is 9.21 Å². The maximum Gasteiger partial charge on any atom is 0.228 e. The number of aryl methyl sites for hydroxylation is 1. The minimum Gasteiger partial charge on any atom is -0.441 e. The topological polar surface area (TPSA) is 59.2 Å². The third-order valence-electron chi connectivity index (χ3n) is 4.95. The van der Waals surface area contributed by atoms with E-state index in [2.05, 4.69) is 35.9 Å². The van der Waals surface area contributed by atoms with Gasteiger partial charge in [-0.05, 0) is 54.7 Å². The van der Waals surface area contributed by atoms with Crippen molar-refractivity contribution >= 4 is 5.91 Å². The number of benzene rings is 1. The molecule has 0 unspecified atom stereocenters. The fourth-order valence-electron chi connectivity index (χ4n) is 2.98. The van der Waals surface area contributed by atoms with Gasteiger partial charge >= 0.3 is 0 Å². The molecule has 0 fully saturated rings. The van der Waals surface area contributed by atoms with Gasteiger partial charge in [0.15, 0.2) is 0 Å². The Bertz CT molecular complexity index is 915. The summed E-state index contributed by atoms with van der Waals surface area (Å²) in [4.78, 5) is 22.9. The van der Waals surface area contributed by atoms with E-state index in [-0.39, 0.29) is 12.3 Å². The summed E-state index contributed by atoms with van der Waals surface area (Å²) in [6.45, 7) is 6.85. The van der Waals surface area contributed by atoms with Gasteiger partial charge < -0.3 is 9.32 Å². The van der Waals surface area contributed by atoms with Crippen molar-refractivity contribution in [1.82, 2.24) is 14.9 Å². The third kappa shape index (κ3) is 4.85. The number of pyridine rings is 1. The van der Waals surface area contributed by atoms with E-state index in [9.17, 15) is 4.79 Å². The van der Waals surface area contributed by atoms with Gasteiger partial charge in [-0.2, -0.15) is 0 Å². The first-order valence-electron chi connectivity index (χ1n) is 9.63.